The molecule has 0 atom stereocenters. The number of nitrogens with zero attached hydrogens (tertiary/aromatic N) is 1. The van der Waals surface area contributed by atoms with Gasteiger partial charge >= 0.3 is 0 Å². The lowest BCUT2D eigenvalue weighted by molar-refractivity contribution is 0.670. The zero-order chi connectivity index (χ0) is 70.6. The van der Waals surface area contributed by atoms with Crippen LogP contribution in [0.2, 0.25) is 0 Å². The highest BCUT2D eigenvalue weighted by molar-refractivity contribution is 6.21. The highest BCUT2D eigenvalue weighted by atomic mass is 16.3. The monoisotopic (exact) mass is 777 g/mol. The summed E-state index contributed by atoms with van der Waals surface area (Å²) in [6.45, 7) is 0. The molecule has 0 unspecified atom stereocenters. The van der Waals surface area contributed by atoms with Gasteiger partial charge in [0.2, 0.25) is 0 Å². The van der Waals surface area contributed by atoms with Crippen molar-refractivity contribution in [1.82, 2.24) is 0 Å². The second kappa shape index (κ2) is 14.1. The standard InChI is InChI=1S/C56H37NO/c1-3-14-38(15-4-1)40-26-28-41(29-27-40)42-30-32-45(33-31-42)57(46-20-13-19-43(36-46)39-16-5-2-6-17-39)53-35-34-50(56-55(53)51-24-11-12-25-54(51)58-56)52-37-44-18-7-8-21-47(44)48-22-9-10-23-49(48)52/h1-37H/i1D,2D,3D,4D,5D,6D,7D,8D,9D,10D,11D,12D,13D,14D,15D,16D,17D,18D,19D,20D,21D,22D,23D,24D,25D,26D,27D,28D,29D,30D,31D,32D,33D,34D,35D,36D,37D. The maximum atomic E-state index is 10.3. The molecule has 11 aromatic rings. The summed E-state index contributed by atoms with van der Waals surface area (Å²) in [5.41, 5.74) is -13.5. The Bertz CT molecular complexity index is 5350. The van der Waals surface area contributed by atoms with E-state index in [4.69, 9.17) is 33.2 Å². The van der Waals surface area contributed by atoms with E-state index in [1.54, 1.807) is 0 Å². The molecule has 0 aliphatic carbocycles. The number of furan rings is 1. The Labute approximate surface area is 389 Å². The zero-order valence-corrected chi connectivity index (χ0v) is 28.9. The molecule has 1 heterocycles. The van der Waals surface area contributed by atoms with Gasteiger partial charge in [0.05, 0.1) is 61.8 Å². The molecule has 0 spiro atoms. The predicted octanol–water partition coefficient (Wildman–Crippen LogP) is 16.0. The molecular weight excluding hydrogens is 703 g/mol. The minimum Gasteiger partial charge on any atom is -0.455 e. The predicted molar refractivity (Wildman–Crippen MR) is 245 cm³/mol. The van der Waals surface area contributed by atoms with Gasteiger partial charge in [-0.3, -0.25) is 0 Å². The van der Waals surface area contributed by atoms with Crippen molar-refractivity contribution in [2.45, 2.75) is 0 Å². The van der Waals surface area contributed by atoms with E-state index >= 15 is 0 Å². The SMILES string of the molecule is [2H]c1c([2H])c([2H])c(-c2c([2H])c([2H])c(-c3c([2H])c([2H])c(N(c4c([2H])c([2H])c([2H])c(-c5c([2H])c([2H])c([2H])c([2H])c5[2H])c4[2H])c4c([2H])c([2H])c(-c5c([2H])c6c([2H])c([2H])c([2H])c([2H])c6c6c([2H])c([2H])c([2H])c([2H])c56)c5oc6c([2H])c([2H])c([2H])c([2H])c6c45)c([2H])c3[2H])c([2H])c2[2H])c([2H])c1[2H]. The Hall–Kier alpha value is -7.68. The van der Waals surface area contributed by atoms with Crippen LogP contribution >= 0.6 is 0 Å². The number of hydrogen-bond acceptors (Lipinski definition) is 2. The van der Waals surface area contributed by atoms with E-state index in [0.29, 0.717) is 0 Å². The molecule has 0 N–H and O–H groups in total. The lowest BCUT2D eigenvalue weighted by atomic mass is 9.92. The fourth-order valence-electron chi connectivity index (χ4n) is 6.22. The van der Waals surface area contributed by atoms with E-state index in [9.17, 15) is 21.9 Å². The molecule has 2 heteroatoms. The molecule has 0 aliphatic heterocycles. The van der Waals surface area contributed by atoms with Crippen molar-refractivity contribution in [3.05, 3.63) is 224 Å². The maximum absolute atomic E-state index is 10.3. The van der Waals surface area contributed by atoms with Crippen LogP contribution in [0.1, 0.15) is 50.7 Å². The van der Waals surface area contributed by atoms with Crippen molar-refractivity contribution < 1.29 is 55.1 Å². The fraction of sp³-hybridized carbons (Fsp3) is 0. The largest absolute Gasteiger partial charge is 0.455 e. The molecule has 58 heavy (non-hydrogen) atoms. The van der Waals surface area contributed by atoms with Crippen molar-refractivity contribution in [2.75, 3.05) is 4.90 Å². The minimum atomic E-state index is -1.44. The average molecular weight is 777 g/mol. The molecule has 0 amide bonds. The van der Waals surface area contributed by atoms with E-state index in [0.717, 1.165) is 0 Å². The third-order valence-electron chi connectivity index (χ3n) is 8.75. The van der Waals surface area contributed by atoms with Gasteiger partial charge in [-0.05, 0) is 109 Å². The van der Waals surface area contributed by atoms with Gasteiger partial charge in [0.1, 0.15) is 11.2 Å². The lowest BCUT2D eigenvalue weighted by Crippen LogP contribution is -2.10. The van der Waals surface area contributed by atoms with Crippen LogP contribution in [0.25, 0.3) is 88.0 Å². The zero-order valence-electron chi connectivity index (χ0n) is 65.9. The average Bonchev–Trinajstić information content (AvgIpc) is 1.68. The third kappa shape index (κ3) is 5.82. The van der Waals surface area contributed by atoms with Crippen LogP contribution in [0.4, 0.5) is 17.1 Å². The summed E-state index contributed by atoms with van der Waals surface area (Å²) in [6.07, 6.45) is 0. The van der Waals surface area contributed by atoms with E-state index in [2.05, 4.69) is 0 Å². The first kappa shape index (κ1) is 12.9. The summed E-state index contributed by atoms with van der Waals surface area (Å²) in [4.78, 5) is 0.285. The van der Waals surface area contributed by atoms with Gasteiger partial charge in [-0.25, -0.2) is 0 Å². The Morgan fingerprint density at radius 1 is 0.345 bits per heavy atom. The number of rotatable bonds is 7. The molecule has 10 aromatic carbocycles. The fourth-order valence-corrected chi connectivity index (χ4v) is 6.22. The van der Waals surface area contributed by atoms with Gasteiger partial charge in [0.25, 0.3) is 0 Å². The van der Waals surface area contributed by atoms with Gasteiger partial charge < -0.3 is 9.32 Å². The second-order valence-electron chi connectivity index (χ2n) is 12.0. The van der Waals surface area contributed by atoms with Gasteiger partial charge in [0, 0.05) is 22.3 Å². The number of fused-ring (bicyclic) bond motifs is 6. The summed E-state index contributed by atoms with van der Waals surface area (Å²) in [5.74, 6) is 0. The number of anilines is 3. The Morgan fingerprint density at radius 3 is 1.59 bits per heavy atom. The summed E-state index contributed by atoms with van der Waals surface area (Å²) in [5, 5.41) is -4.68. The number of benzene rings is 10. The van der Waals surface area contributed by atoms with E-state index in [1.165, 1.54) is 0 Å². The van der Waals surface area contributed by atoms with Crippen LogP contribution < -0.4 is 4.90 Å². The smallest absolute Gasteiger partial charge is 0.145 e. The number of para-hydroxylation sites is 1. The van der Waals surface area contributed by atoms with Crippen LogP contribution in [0.5, 0.6) is 0 Å². The quantitative estimate of drug-likeness (QED) is 0.150. The first-order valence-electron chi connectivity index (χ1n) is 35.3. The topological polar surface area (TPSA) is 16.4 Å². The molecule has 11 rings (SSSR count). The van der Waals surface area contributed by atoms with Crippen molar-refractivity contribution in [3.8, 4) is 44.5 Å². The molecular formula is C56H37NO. The Kier molecular flexibility index (Phi) is 3.15. The van der Waals surface area contributed by atoms with Crippen molar-refractivity contribution in [3.63, 3.8) is 0 Å². The summed E-state index contributed by atoms with van der Waals surface area (Å²) < 4.78 is 343. The first-order chi connectivity index (χ1) is 44.2. The van der Waals surface area contributed by atoms with Crippen LogP contribution in [0.3, 0.4) is 0 Å². The summed E-state index contributed by atoms with van der Waals surface area (Å²) in [6, 6.07) is -41.3. The summed E-state index contributed by atoms with van der Waals surface area (Å²) in [7, 11) is 0. The molecule has 0 saturated carbocycles. The van der Waals surface area contributed by atoms with Gasteiger partial charge in [-0.2, -0.15) is 0 Å². The van der Waals surface area contributed by atoms with Crippen molar-refractivity contribution >= 4 is 60.5 Å². The minimum absolute atomic E-state index is 0.285. The lowest BCUT2D eigenvalue weighted by Gasteiger charge is -2.27. The van der Waals surface area contributed by atoms with Crippen molar-refractivity contribution in [1.29, 1.82) is 0 Å². The second-order valence-corrected chi connectivity index (χ2v) is 12.0. The van der Waals surface area contributed by atoms with Gasteiger partial charge in [-0.1, -0.05) is 175 Å². The highest BCUT2D eigenvalue weighted by Gasteiger charge is 2.23. The van der Waals surface area contributed by atoms with Crippen LogP contribution in [-0.2, 0) is 0 Å². The van der Waals surface area contributed by atoms with Gasteiger partial charge in [0.15, 0.2) is 0 Å². The van der Waals surface area contributed by atoms with E-state index in [-0.39, 0.29) is 4.90 Å². The van der Waals surface area contributed by atoms with E-state index in [1.807, 2.05) is 0 Å². The Balaban J connectivity index is 1.40. The Morgan fingerprint density at radius 2 is 0.879 bits per heavy atom. The van der Waals surface area contributed by atoms with Gasteiger partial charge in [-0.15, -0.1) is 0 Å². The highest BCUT2D eigenvalue weighted by Crippen LogP contribution is 2.48. The van der Waals surface area contributed by atoms with Crippen molar-refractivity contribution in [2.24, 2.45) is 0 Å². The molecule has 1 aromatic heterocycles. The van der Waals surface area contributed by atoms with E-state index < -0.39 is 329 Å². The summed E-state index contributed by atoms with van der Waals surface area (Å²) >= 11 is 0. The molecule has 0 aliphatic rings. The number of hydrogen-bond donors (Lipinski definition) is 0. The third-order valence-corrected chi connectivity index (χ3v) is 8.75. The molecule has 0 fully saturated rings. The first-order valence-corrected chi connectivity index (χ1v) is 16.8. The maximum Gasteiger partial charge on any atom is 0.145 e. The van der Waals surface area contributed by atoms with Crippen LogP contribution in [0, 0.1) is 0 Å². The molecule has 0 radical (unpaired) electrons. The van der Waals surface area contributed by atoms with Crippen LogP contribution in [-0.4, -0.2) is 0 Å². The molecule has 2 nitrogen and oxygen atoms in total. The molecule has 0 bridgehead atoms. The van der Waals surface area contributed by atoms with Crippen LogP contribution in [0.15, 0.2) is 228 Å². The molecule has 0 saturated heterocycles. The molecule has 272 valence electrons. The normalized spacial score (nSPS) is 20.4.